The molecule has 2 aromatic rings. The Labute approximate surface area is 188 Å². The molecule has 0 saturated heterocycles. The van der Waals surface area contributed by atoms with Crippen LogP contribution in [0.25, 0.3) is 0 Å². The van der Waals surface area contributed by atoms with E-state index in [9.17, 15) is 13.2 Å². The van der Waals surface area contributed by atoms with Crippen LogP contribution in [-0.4, -0.2) is 17.1 Å². The van der Waals surface area contributed by atoms with Crippen LogP contribution in [0.5, 0.6) is 5.75 Å². The number of hydrogen-bond acceptors (Lipinski definition) is 4. The van der Waals surface area contributed by atoms with Gasteiger partial charge in [0.25, 0.3) is 0 Å². The second-order valence-electron chi connectivity index (χ2n) is 8.95. The van der Waals surface area contributed by atoms with Crippen molar-refractivity contribution >= 4 is 11.4 Å². The minimum Gasteiger partial charge on any atom is -0.490 e. The molecule has 0 spiro atoms. The van der Waals surface area contributed by atoms with Gasteiger partial charge in [0, 0.05) is 35.4 Å². The molecule has 1 fully saturated rings. The Morgan fingerprint density at radius 3 is 2.56 bits per heavy atom. The fourth-order valence-electron chi connectivity index (χ4n) is 4.34. The van der Waals surface area contributed by atoms with Crippen molar-refractivity contribution in [1.29, 1.82) is 0 Å². The lowest BCUT2D eigenvalue weighted by molar-refractivity contribution is -0.136. The average Bonchev–Trinajstić information content (AvgIpc) is 2.75. The molecule has 1 saturated carbocycles. The van der Waals surface area contributed by atoms with Gasteiger partial charge in [0.05, 0.1) is 11.7 Å². The van der Waals surface area contributed by atoms with E-state index >= 15 is 0 Å². The predicted molar refractivity (Wildman–Crippen MR) is 123 cm³/mol. The molecule has 1 aromatic carbocycles. The third kappa shape index (κ3) is 7.04. The molecule has 0 amide bonds. The Kier molecular flexibility index (Phi) is 8.26. The summed E-state index contributed by atoms with van der Waals surface area (Å²) in [5, 5.41) is 3.23. The molecule has 3 rings (SSSR count). The van der Waals surface area contributed by atoms with Crippen molar-refractivity contribution in [2.45, 2.75) is 83.5 Å². The van der Waals surface area contributed by atoms with E-state index in [1.807, 2.05) is 18.3 Å². The molecule has 1 atom stereocenters. The van der Waals surface area contributed by atoms with Gasteiger partial charge in [0.1, 0.15) is 5.75 Å². The zero-order valence-corrected chi connectivity index (χ0v) is 18.9. The summed E-state index contributed by atoms with van der Waals surface area (Å²) in [6.07, 6.45) is 5.36. The number of alkyl halides is 3. The first-order valence-electron chi connectivity index (χ1n) is 11.6. The summed E-state index contributed by atoms with van der Waals surface area (Å²) in [5.41, 5.74) is 5.95. The first-order valence-corrected chi connectivity index (χ1v) is 11.6. The highest BCUT2D eigenvalue weighted by Crippen LogP contribution is 2.36. The number of aryl methyl sites for hydroxylation is 1. The largest absolute Gasteiger partial charge is 0.490 e. The molecule has 1 aliphatic carbocycles. The van der Waals surface area contributed by atoms with Crippen molar-refractivity contribution in [3.05, 3.63) is 47.8 Å². The summed E-state index contributed by atoms with van der Waals surface area (Å²) in [5.74, 6) is 1.55. The van der Waals surface area contributed by atoms with Gasteiger partial charge >= 0.3 is 6.18 Å². The Morgan fingerprint density at radius 2 is 1.88 bits per heavy atom. The van der Waals surface area contributed by atoms with E-state index in [0.29, 0.717) is 11.6 Å². The second kappa shape index (κ2) is 10.9. The number of ether oxygens (including phenoxy) is 1. The zero-order valence-electron chi connectivity index (χ0n) is 18.9. The topological polar surface area (TPSA) is 60.2 Å². The van der Waals surface area contributed by atoms with Gasteiger partial charge < -0.3 is 15.8 Å². The number of pyridine rings is 1. The van der Waals surface area contributed by atoms with Gasteiger partial charge in [-0.3, -0.25) is 4.98 Å². The van der Waals surface area contributed by atoms with E-state index in [1.54, 1.807) is 6.07 Å². The summed E-state index contributed by atoms with van der Waals surface area (Å²) in [4.78, 5) is 4.47. The van der Waals surface area contributed by atoms with Crippen LogP contribution in [0.4, 0.5) is 24.5 Å². The Morgan fingerprint density at radius 1 is 1.12 bits per heavy atom. The van der Waals surface area contributed by atoms with E-state index in [1.165, 1.54) is 18.9 Å². The van der Waals surface area contributed by atoms with E-state index in [-0.39, 0.29) is 17.8 Å². The molecule has 176 valence electrons. The van der Waals surface area contributed by atoms with Crippen LogP contribution < -0.4 is 15.8 Å². The van der Waals surface area contributed by atoms with Crippen LogP contribution in [-0.2, 0) is 12.6 Å². The molecule has 0 radical (unpaired) electrons. The molecule has 1 heterocycles. The molecule has 1 aromatic heterocycles. The number of nitrogens with one attached hydrogen (secondary N) is 1. The van der Waals surface area contributed by atoms with Crippen molar-refractivity contribution in [2.75, 3.05) is 11.1 Å². The van der Waals surface area contributed by atoms with Crippen LogP contribution in [0.2, 0.25) is 0 Å². The summed E-state index contributed by atoms with van der Waals surface area (Å²) in [6.45, 7) is 4.49. The standard InChI is InChI=1S/C25H34F3N3O/c1-3-4-17(2)5-6-19-15-22(13-14-30-19)32-21-10-7-18(8-11-21)31-20-9-12-24(29)23(16-20)25(26,27)28/h9,12-18,21,31H,3-8,10-11,29H2,1-2H3/t17?,18-,21-. The molecular weight excluding hydrogens is 415 g/mol. The van der Waals surface area contributed by atoms with E-state index in [2.05, 4.69) is 24.1 Å². The van der Waals surface area contributed by atoms with Crippen LogP contribution in [0.1, 0.15) is 70.1 Å². The number of hydrogen-bond donors (Lipinski definition) is 2. The highest BCUT2D eigenvalue weighted by atomic mass is 19.4. The molecule has 32 heavy (non-hydrogen) atoms. The first kappa shape index (κ1) is 24.2. The summed E-state index contributed by atoms with van der Waals surface area (Å²) < 4.78 is 45.5. The Hall–Kier alpha value is -2.44. The fourth-order valence-corrected chi connectivity index (χ4v) is 4.34. The normalized spacial score (nSPS) is 20.0. The fraction of sp³-hybridized carbons (Fsp3) is 0.560. The van der Waals surface area contributed by atoms with Crippen molar-refractivity contribution < 1.29 is 17.9 Å². The number of benzene rings is 1. The van der Waals surface area contributed by atoms with Gasteiger partial charge in [0.2, 0.25) is 0 Å². The molecule has 3 N–H and O–H groups in total. The van der Waals surface area contributed by atoms with Gasteiger partial charge in [-0.05, 0) is 68.7 Å². The lowest BCUT2D eigenvalue weighted by atomic mass is 9.92. The Bertz CT molecular complexity index is 864. The van der Waals surface area contributed by atoms with Gasteiger partial charge in [-0.25, -0.2) is 0 Å². The second-order valence-corrected chi connectivity index (χ2v) is 8.95. The monoisotopic (exact) mass is 449 g/mol. The molecule has 1 unspecified atom stereocenters. The highest BCUT2D eigenvalue weighted by Gasteiger charge is 2.33. The Balaban J connectivity index is 1.49. The van der Waals surface area contributed by atoms with Gasteiger partial charge in [-0.1, -0.05) is 26.7 Å². The molecular formula is C25H34F3N3O. The third-order valence-electron chi connectivity index (χ3n) is 6.17. The minimum atomic E-state index is -4.45. The zero-order chi connectivity index (χ0) is 23.1. The average molecular weight is 450 g/mol. The van der Waals surface area contributed by atoms with E-state index < -0.39 is 11.7 Å². The van der Waals surface area contributed by atoms with Crippen molar-refractivity contribution in [3.8, 4) is 5.75 Å². The number of nitrogen functional groups attached to an aromatic ring is 1. The number of rotatable bonds is 9. The predicted octanol–water partition coefficient (Wildman–Crippen LogP) is 6.85. The number of aromatic nitrogens is 1. The van der Waals surface area contributed by atoms with Crippen LogP contribution >= 0.6 is 0 Å². The molecule has 0 bridgehead atoms. The third-order valence-corrected chi connectivity index (χ3v) is 6.17. The van der Waals surface area contributed by atoms with Gasteiger partial charge in [-0.2, -0.15) is 13.2 Å². The summed E-state index contributed by atoms with van der Waals surface area (Å²) >= 11 is 0. The maximum Gasteiger partial charge on any atom is 0.418 e. The van der Waals surface area contributed by atoms with Gasteiger partial charge in [-0.15, -0.1) is 0 Å². The molecule has 0 aliphatic heterocycles. The van der Waals surface area contributed by atoms with Gasteiger partial charge in [0.15, 0.2) is 0 Å². The number of halogens is 3. The van der Waals surface area contributed by atoms with Crippen LogP contribution in [0, 0.1) is 5.92 Å². The van der Waals surface area contributed by atoms with Crippen molar-refractivity contribution in [3.63, 3.8) is 0 Å². The van der Waals surface area contributed by atoms with E-state index in [0.717, 1.165) is 56.0 Å². The molecule has 7 heteroatoms. The van der Waals surface area contributed by atoms with E-state index in [4.69, 9.17) is 10.5 Å². The highest BCUT2D eigenvalue weighted by molar-refractivity contribution is 5.58. The quantitative estimate of drug-likeness (QED) is 0.411. The smallest absolute Gasteiger partial charge is 0.418 e. The van der Waals surface area contributed by atoms with Crippen molar-refractivity contribution in [2.24, 2.45) is 5.92 Å². The summed E-state index contributed by atoms with van der Waals surface area (Å²) in [7, 11) is 0. The SMILES string of the molecule is CCCC(C)CCc1cc(O[C@H]2CC[C@H](Nc3ccc(N)c(C(F)(F)F)c3)CC2)ccn1. The number of nitrogens with two attached hydrogens (primary N) is 1. The summed E-state index contributed by atoms with van der Waals surface area (Å²) in [6, 6.07) is 8.06. The first-order chi connectivity index (χ1) is 15.2. The molecule has 1 aliphatic rings. The maximum absolute atomic E-state index is 13.1. The van der Waals surface area contributed by atoms with Crippen LogP contribution in [0.3, 0.4) is 0 Å². The number of anilines is 2. The lowest BCUT2D eigenvalue weighted by Gasteiger charge is -2.30. The number of nitrogens with zero attached hydrogens (tertiary/aromatic N) is 1. The lowest BCUT2D eigenvalue weighted by Crippen LogP contribution is -2.31. The minimum absolute atomic E-state index is 0.111. The maximum atomic E-state index is 13.1. The molecule has 4 nitrogen and oxygen atoms in total. The van der Waals surface area contributed by atoms with Crippen molar-refractivity contribution in [1.82, 2.24) is 4.98 Å². The van der Waals surface area contributed by atoms with Crippen LogP contribution in [0.15, 0.2) is 36.5 Å².